The van der Waals surface area contributed by atoms with Gasteiger partial charge >= 0.3 is 11.1 Å². The maximum Gasteiger partial charge on any atom is 0.316 e. The van der Waals surface area contributed by atoms with Gasteiger partial charge in [-0.15, -0.1) is 0 Å². The van der Waals surface area contributed by atoms with Crippen molar-refractivity contribution in [2.45, 2.75) is 6.54 Å². The lowest BCUT2D eigenvalue weighted by Crippen LogP contribution is -2.35. The highest BCUT2D eigenvalue weighted by Gasteiger charge is 2.03. The van der Waals surface area contributed by atoms with Crippen LogP contribution in [0.15, 0.2) is 50.7 Å². The summed E-state index contributed by atoms with van der Waals surface area (Å²) in [6, 6.07) is 7.58. The highest BCUT2D eigenvalue weighted by atomic mass is 79.9. The monoisotopic (exact) mass is 280 g/mol. The Morgan fingerprint density at radius 2 is 2.00 bits per heavy atom. The van der Waals surface area contributed by atoms with Gasteiger partial charge in [-0.25, -0.2) is 0 Å². The van der Waals surface area contributed by atoms with Gasteiger partial charge < -0.3 is 9.55 Å². The van der Waals surface area contributed by atoms with Crippen LogP contribution in [0.25, 0.3) is 0 Å². The highest BCUT2D eigenvalue weighted by Crippen LogP contribution is 2.15. The van der Waals surface area contributed by atoms with Gasteiger partial charge in [0, 0.05) is 16.9 Å². The second-order valence-corrected chi connectivity index (χ2v) is 4.17. The summed E-state index contributed by atoms with van der Waals surface area (Å²) < 4.78 is 2.29. The largest absolute Gasteiger partial charge is 0.323 e. The van der Waals surface area contributed by atoms with E-state index in [1.54, 1.807) is 6.20 Å². The molecule has 1 aromatic heterocycles. The Bertz CT molecular complexity index is 616. The minimum atomic E-state index is -0.602. The normalized spacial score (nSPS) is 10.3. The lowest BCUT2D eigenvalue weighted by Gasteiger charge is -2.06. The molecular weight excluding hydrogens is 272 g/mol. The van der Waals surface area contributed by atoms with Crippen LogP contribution in [0.4, 0.5) is 0 Å². The number of H-pyrrole nitrogens is 1. The van der Waals surface area contributed by atoms with Crippen molar-refractivity contribution in [1.82, 2.24) is 9.55 Å². The number of hydrogen-bond acceptors (Lipinski definition) is 2. The van der Waals surface area contributed by atoms with Crippen LogP contribution in [-0.2, 0) is 6.54 Å². The first-order valence-corrected chi connectivity index (χ1v) is 5.49. The van der Waals surface area contributed by atoms with Crippen molar-refractivity contribution < 1.29 is 0 Å². The number of benzene rings is 1. The van der Waals surface area contributed by atoms with Crippen molar-refractivity contribution in [2.24, 2.45) is 0 Å². The van der Waals surface area contributed by atoms with E-state index < -0.39 is 11.1 Å². The van der Waals surface area contributed by atoms with Crippen molar-refractivity contribution in [3.05, 3.63) is 67.4 Å². The van der Waals surface area contributed by atoms with Crippen LogP contribution >= 0.6 is 15.9 Å². The third kappa shape index (κ3) is 2.14. The molecule has 0 saturated heterocycles. The molecule has 1 aromatic carbocycles. The second-order valence-electron chi connectivity index (χ2n) is 3.31. The fourth-order valence-electron chi connectivity index (χ4n) is 1.40. The van der Waals surface area contributed by atoms with Gasteiger partial charge in [0.25, 0.3) is 0 Å². The molecule has 0 aliphatic rings. The Balaban J connectivity index is 2.43. The maximum atomic E-state index is 11.5. The third-order valence-corrected chi connectivity index (χ3v) is 3.00. The van der Waals surface area contributed by atoms with Crippen LogP contribution in [0.3, 0.4) is 0 Å². The maximum absolute atomic E-state index is 11.5. The number of aromatic nitrogens is 2. The highest BCUT2D eigenvalue weighted by molar-refractivity contribution is 9.10. The van der Waals surface area contributed by atoms with E-state index >= 15 is 0 Å². The number of hydrogen-bond donors (Lipinski definition) is 1. The van der Waals surface area contributed by atoms with E-state index in [-0.39, 0.29) is 0 Å². The van der Waals surface area contributed by atoms with Crippen LogP contribution in [0, 0.1) is 0 Å². The van der Waals surface area contributed by atoms with E-state index in [9.17, 15) is 9.59 Å². The summed E-state index contributed by atoms with van der Waals surface area (Å²) in [6.07, 6.45) is 3.02. The topological polar surface area (TPSA) is 54.9 Å². The molecule has 0 unspecified atom stereocenters. The van der Waals surface area contributed by atoms with Crippen LogP contribution in [-0.4, -0.2) is 9.55 Å². The van der Waals surface area contributed by atoms with E-state index in [1.165, 1.54) is 10.8 Å². The van der Waals surface area contributed by atoms with Gasteiger partial charge in [0.15, 0.2) is 0 Å². The van der Waals surface area contributed by atoms with Crippen molar-refractivity contribution in [2.75, 3.05) is 0 Å². The van der Waals surface area contributed by atoms with Crippen LogP contribution in [0.5, 0.6) is 0 Å². The first-order chi connectivity index (χ1) is 7.68. The molecule has 1 N–H and O–H groups in total. The average Bonchev–Trinajstić information content (AvgIpc) is 2.28. The zero-order chi connectivity index (χ0) is 11.5. The summed E-state index contributed by atoms with van der Waals surface area (Å²) in [6.45, 7) is 0.379. The number of nitrogens with zero attached hydrogens (tertiary/aromatic N) is 1. The zero-order valence-electron chi connectivity index (χ0n) is 8.31. The number of nitrogens with one attached hydrogen (secondary N) is 1. The van der Waals surface area contributed by atoms with Gasteiger partial charge in [0.05, 0.1) is 6.54 Å². The Labute approximate surface area is 99.7 Å². The zero-order valence-corrected chi connectivity index (χ0v) is 9.90. The van der Waals surface area contributed by atoms with Gasteiger partial charge in [0.1, 0.15) is 0 Å². The molecule has 82 valence electrons. The first-order valence-electron chi connectivity index (χ1n) is 4.70. The predicted molar refractivity (Wildman–Crippen MR) is 64.6 cm³/mol. The van der Waals surface area contributed by atoms with Gasteiger partial charge in [-0.05, 0) is 11.6 Å². The van der Waals surface area contributed by atoms with E-state index in [2.05, 4.69) is 20.9 Å². The molecule has 0 amide bonds. The Morgan fingerprint density at radius 1 is 1.25 bits per heavy atom. The molecule has 0 aliphatic carbocycles. The van der Waals surface area contributed by atoms with E-state index in [0.717, 1.165) is 10.0 Å². The van der Waals surface area contributed by atoms with Gasteiger partial charge in [-0.1, -0.05) is 34.1 Å². The minimum Gasteiger partial charge on any atom is -0.323 e. The number of halogens is 1. The van der Waals surface area contributed by atoms with E-state index in [4.69, 9.17) is 0 Å². The predicted octanol–water partition coefficient (Wildman–Crippen LogP) is 1.35. The second kappa shape index (κ2) is 4.49. The van der Waals surface area contributed by atoms with E-state index in [0.29, 0.717) is 6.54 Å². The van der Waals surface area contributed by atoms with Crippen molar-refractivity contribution >= 4 is 15.9 Å². The molecule has 0 atom stereocenters. The average molecular weight is 281 g/mol. The third-order valence-electron chi connectivity index (χ3n) is 2.22. The molecule has 0 saturated carbocycles. The lowest BCUT2D eigenvalue weighted by molar-refractivity contribution is 0.735. The summed E-state index contributed by atoms with van der Waals surface area (Å²) in [5, 5.41) is 0. The minimum absolute atomic E-state index is 0.379. The van der Waals surface area contributed by atoms with Gasteiger partial charge in [-0.3, -0.25) is 9.59 Å². The lowest BCUT2D eigenvalue weighted by atomic mass is 10.2. The van der Waals surface area contributed by atoms with Crippen molar-refractivity contribution in [3.8, 4) is 0 Å². The number of rotatable bonds is 2. The molecule has 16 heavy (non-hydrogen) atoms. The van der Waals surface area contributed by atoms with Gasteiger partial charge in [0.2, 0.25) is 0 Å². The van der Waals surface area contributed by atoms with Crippen LogP contribution in [0.2, 0.25) is 0 Å². The van der Waals surface area contributed by atoms with Crippen molar-refractivity contribution in [1.29, 1.82) is 0 Å². The number of aromatic amines is 1. The molecule has 0 spiro atoms. The summed E-state index contributed by atoms with van der Waals surface area (Å²) in [5.74, 6) is 0. The molecule has 2 rings (SSSR count). The molecule has 1 heterocycles. The summed E-state index contributed by atoms with van der Waals surface area (Å²) in [7, 11) is 0. The molecule has 0 aliphatic heterocycles. The van der Waals surface area contributed by atoms with Crippen LogP contribution < -0.4 is 11.1 Å². The Kier molecular flexibility index (Phi) is 3.05. The molecule has 2 aromatic rings. The van der Waals surface area contributed by atoms with Crippen LogP contribution in [0.1, 0.15) is 5.56 Å². The van der Waals surface area contributed by atoms with Crippen molar-refractivity contribution in [3.63, 3.8) is 0 Å². The van der Waals surface area contributed by atoms with Gasteiger partial charge in [-0.2, -0.15) is 0 Å². The molecular formula is C11H9BrN2O2. The Hall–Kier alpha value is -1.62. The van der Waals surface area contributed by atoms with E-state index in [1.807, 2.05) is 24.3 Å². The summed E-state index contributed by atoms with van der Waals surface area (Å²) >= 11 is 3.40. The molecule has 0 fully saturated rings. The smallest absolute Gasteiger partial charge is 0.316 e. The fraction of sp³-hybridized carbons (Fsp3) is 0.0909. The Morgan fingerprint density at radius 3 is 2.75 bits per heavy atom. The summed E-state index contributed by atoms with van der Waals surface area (Å²) in [5.41, 5.74) is -0.192. The first kappa shape index (κ1) is 10.9. The standard InChI is InChI=1S/C11H9BrN2O2/c12-9-4-2-1-3-8(9)7-14-6-5-13-10(15)11(14)16/h1-6H,7H2,(H,13,15). The fourth-order valence-corrected chi connectivity index (χ4v) is 1.81. The molecule has 0 radical (unpaired) electrons. The summed E-state index contributed by atoms with van der Waals surface area (Å²) in [4.78, 5) is 24.9. The molecule has 0 bridgehead atoms. The molecule has 4 nitrogen and oxygen atoms in total. The SMILES string of the molecule is O=c1[nH]ccn(Cc2ccccc2Br)c1=O. The molecule has 5 heteroatoms. The quantitative estimate of drug-likeness (QED) is 0.845.